The number of rotatable bonds is 7. The number of nitrogens with zero attached hydrogens (tertiary/aromatic N) is 2. The second kappa shape index (κ2) is 7.53. The molecule has 0 bridgehead atoms. The van der Waals surface area contributed by atoms with Gasteiger partial charge >= 0.3 is 0 Å². The van der Waals surface area contributed by atoms with Crippen molar-refractivity contribution in [2.24, 2.45) is 10.7 Å². The molecule has 1 atom stereocenters. The van der Waals surface area contributed by atoms with Crippen molar-refractivity contribution in [3.05, 3.63) is 29.3 Å². The third-order valence-corrected chi connectivity index (χ3v) is 4.15. The monoisotopic (exact) mass is 293 g/mol. The zero-order valence-electron chi connectivity index (χ0n) is 12.2. The number of aliphatic imine (C=N–C) groups is 1. The van der Waals surface area contributed by atoms with Crippen LogP contribution in [0.25, 0.3) is 0 Å². The van der Waals surface area contributed by atoms with Crippen molar-refractivity contribution < 1.29 is 0 Å². The molecule has 1 heterocycles. The molecule has 1 aliphatic heterocycles. The van der Waals surface area contributed by atoms with Crippen molar-refractivity contribution in [1.29, 1.82) is 0 Å². The molecule has 0 radical (unpaired) electrons. The molecule has 20 heavy (non-hydrogen) atoms. The van der Waals surface area contributed by atoms with Crippen molar-refractivity contribution in [3.8, 4) is 0 Å². The summed E-state index contributed by atoms with van der Waals surface area (Å²) in [5.74, 6) is 0.594. The Balaban J connectivity index is 1.95. The summed E-state index contributed by atoms with van der Waals surface area (Å²) in [5, 5.41) is 0.739. The van der Waals surface area contributed by atoms with Gasteiger partial charge in [0, 0.05) is 0 Å². The molecule has 2 rings (SSSR count). The minimum atomic E-state index is 0.358. The van der Waals surface area contributed by atoms with E-state index in [9.17, 15) is 0 Å². The number of para-hydroxylation sites is 1. The number of anilines is 1. The first-order chi connectivity index (χ1) is 9.74. The van der Waals surface area contributed by atoms with E-state index in [1.165, 1.54) is 32.1 Å². The second-order valence-corrected chi connectivity index (χ2v) is 5.78. The summed E-state index contributed by atoms with van der Waals surface area (Å²) in [4.78, 5) is 6.49. The lowest BCUT2D eigenvalue weighted by Gasteiger charge is -2.27. The molecule has 4 heteroatoms. The minimum Gasteiger partial charge on any atom is -0.370 e. The molecule has 3 nitrogen and oxygen atoms in total. The fourth-order valence-electron chi connectivity index (χ4n) is 2.71. The van der Waals surface area contributed by atoms with Crippen LogP contribution in [0.3, 0.4) is 0 Å². The van der Waals surface area contributed by atoms with E-state index in [0.717, 1.165) is 23.7 Å². The molecule has 2 N–H and O–H groups in total. The van der Waals surface area contributed by atoms with Crippen LogP contribution in [0.15, 0.2) is 29.3 Å². The zero-order valence-corrected chi connectivity index (χ0v) is 12.9. The molecule has 1 aliphatic rings. The maximum absolute atomic E-state index is 6.29. The molecule has 1 unspecified atom stereocenters. The molecule has 1 aromatic rings. The highest BCUT2D eigenvalue weighted by atomic mass is 35.5. The lowest BCUT2D eigenvalue weighted by atomic mass is 10.1. The molecule has 0 fully saturated rings. The highest BCUT2D eigenvalue weighted by Gasteiger charge is 2.28. The first-order valence-corrected chi connectivity index (χ1v) is 7.95. The molecular weight excluding hydrogens is 270 g/mol. The summed E-state index contributed by atoms with van der Waals surface area (Å²) in [6, 6.07) is 8.21. The molecule has 0 aliphatic carbocycles. The first kappa shape index (κ1) is 15.2. The summed E-state index contributed by atoms with van der Waals surface area (Å²) in [6.45, 7) is 3.02. The van der Waals surface area contributed by atoms with Crippen LogP contribution in [-0.4, -0.2) is 18.5 Å². The van der Waals surface area contributed by atoms with Crippen molar-refractivity contribution >= 4 is 23.2 Å². The van der Waals surface area contributed by atoms with Crippen LogP contribution in [0.1, 0.15) is 45.4 Å². The standard InChI is InChI=1S/C16H24ClN3/c1-2-3-4-5-6-9-13-12-19-16(18)20(13)15-11-8-7-10-14(15)17/h7-8,10-11,13H,2-6,9,12H2,1H3,(H2,18,19). The molecule has 1 aromatic carbocycles. The average Bonchev–Trinajstić information content (AvgIpc) is 2.80. The predicted octanol–water partition coefficient (Wildman–Crippen LogP) is 4.20. The lowest BCUT2D eigenvalue weighted by molar-refractivity contribution is 0.555. The lowest BCUT2D eigenvalue weighted by Crippen LogP contribution is -2.41. The van der Waals surface area contributed by atoms with Crippen molar-refractivity contribution in [3.63, 3.8) is 0 Å². The Bertz CT molecular complexity index is 459. The maximum atomic E-state index is 6.29. The zero-order chi connectivity index (χ0) is 14.4. The molecule has 0 spiro atoms. The van der Waals surface area contributed by atoms with Crippen LogP contribution < -0.4 is 10.6 Å². The quantitative estimate of drug-likeness (QED) is 0.765. The second-order valence-electron chi connectivity index (χ2n) is 5.38. The van der Waals surface area contributed by atoms with Crippen LogP contribution in [0.5, 0.6) is 0 Å². The predicted molar refractivity (Wildman–Crippen MR) is 87.6 cm³/mol. The topological polar surface area (TPSA) is 41.6 Å². The maximum Gasteiger partial charge on any atom is 0.196 e. The van der Waals surface area contributed by atoms with Crippen LogP contribution in [-0.2, 0) is 0 Å². The van der Waals surface area contributed by atoms with Crippen LogP contribution in [0.2, 0.25) is 5.02 Å². The van der Waals surface area contributed by atoms with Gasteiger partial charge in [0.25, 0.3) is 0 Å². The fraction of sp³-hybridized carbons (Fsp3) is 0.562. The van der Waals surface area contributed by atoms with Gasteiger partial charge in [-0.1, -0.05) is 62.8 Å². The highest BCUT2D eigenvalue weighted by Crippen LogP contribution is 2.30. The normalized spacial score (nSPS) is 18.4. The van der Waals surface area contributed by atoms with E-state index in [1.807, 2.05) is 24.3 Å². The Morgan fingerprint density at radius 1 is 1.25 bits per heavy atom. The van der Waals surface area contributed by atoms with E-state index in [0.29, 0.717) is 12.0 Å². The number of hydrogen-bond donors (Lipinski definition) is 1. The van der Waals surface area contributed by atoms with Gasteiger partial charge in [0.15, 0.2) is 5.96 Å². The Kier molecular flexibility index (Phi) is 5.72. The Labute approximate surface area is 126 Å². The summed E-state index contributed by atoms with van der Waals surface area (Å²) in [7, 11) is 0. The van der Waals surface area contributed by atoms with Crippen LogP contribution >= 0.6 is 11.6 Å². The van der Waals surface area contributed by atoms with Gasteiger partial charge in [-0.05, 0) is 18.6 Å². The highest BCUT2D eigenvalue weighted by molar-refractivity contribution is 6.33. The number of unbranched alkanes of at least 4 members (excludes halogenated alkanes) is 4. The summed E-state index contributed by atoms with van der Waals surface area (Å²) >= 11 is 6.29. The average molecular weight is 294 g/mol. The molecule has 0 saturated heterocycles. The Morgan fingerprint density at radius 3 is 2.75 bits per heavy atom. The van der Waals surface area contributed by atoms with Crippen molar-refractivity contribution in [1.82, 2.24) is 0 Å². The molecular formula is C16H24ClN3. The van der Waals surface area contributed by atoms with Crippen molar-refractivity contribution in [2.45, 2.75) is 51.5 Å². The Hall–Kier alpha value is -1.22. The molecule has 0 saturated carbocycles. The van der Waals surface area contributed by atoms with Gasteiger partial charge in [0.1, 0.15) is 0 Å². The van der Waals surface area contributed by atoms with Crippen LogP contribution in [0, 0.1) is 0 Å². The van der Waals surface area contributed by atoms with Gasteiger partial charge in [-0.25, -0.2) is 0 Å². The van der Waals surface area contributed by atoms with Gasteiger partial charge in [0.2, 0.25) is 0 Å². The molecule has 0 aromatic heterocycles. The van der Waals surface area contributed by atoms with E-state index in [1.54, 1.807) is 0 Å². The van der Waals surface area contributed by atoms with Crippen LogP contribution in [0.4, 0.5) is 5.69 Å². The first-order valence-electron chi connectivity index (χ1n) is 7.57. The molecule has 0 amide bonds. The van der Waals surface area contributed by atoms with Gasteiger partial charge in [-0.2, -0.15) is 0 Å². The summed E-state index contributed by atoms with van der Waals surface area (Å²) in [6.07, 6.45) is 7.59. The Morgan fingerprint density at radius 2 is 2.00 bits per heavy atom. The van der Waals surface area contributed by atoms with Gasteiger partial charge in [-0.3, -0.25) is 4.99 Å². The van der Waals surface area contributed by atoms with Gasteiger partial charge < -0.3 is 10.6 Å². The van der Waals surface area contributed by atoms with E-state index in [-0.39, 0.29) is 0 Å². The van der Waals surface area contributed by atoms with E-state index in [2.05, 4.69) is 16.8 Å². The number of halogens is 1. The van der Waals surface area contributed by atoms with Crippen molar-refractivity contribution in [2.75, 3.05) is 11.4 Å². The minimum absolute atomic E-state index is 0.358. The number of hydrogen-bond acceptors (Lipinski definition) is 3. The van der Waals surface area contributed by atoms with Gasteiger partial charge in [-0.15, -0.1) is 0 Å². The number of guanidine groups is 1. The van der Waals surface area contributed by atoms with E-state index < -0.39 is 0 Å². The third kappa shape index (κ3) is 3.66. The fourth-order valence-corrected chi connectivity index (χ4v) is 2.94. The summed E-state index contributed by atoms with van der Waals surface area (Å²) < 4.78 is 0. The largest absolute Gasteiger partial charge is 0.370 e. The molecule has 110 valence electrons. The smallest absolute Gasteiger partial charge is 0.196 e. The SMILES string of the molecule is CCCCCCCC1CN=C(N)N1c1ccccc1Cl. The van der Waals surface area contributed by atoms with E-state index >= 15 is 0 Å². The number of nitrogens with two attached hydrogens (primary N) is 1. The number of benzene rings is 1. The third-order valence-electron chi connectivity index (χ3n) is 3.83. The van der Waals surface area contributed by atoms with Gasteiger partial charge in [0.05, 0.1) is 23.3 Å². The summed E-state index contributed by atoms with van der Waals surface area (Å²) in [5.41, 5.74) is 7.02. The van der Waals surface area contributed by atoms with E-state index in [4.69, 9.17) is 17.3 Å².